The van der Waals surface area contributed by atoms with Crippen LogP contribution in [-0.2, 0) is 5.41 Å². The summed E-state index contributed by atoms with van der Waals surface area (Å²) in [7, 11) is 0. The zero-order valence-electron chi connectivity index (χ0n) is 35.7. The number of fused-ring (bicyclic) bond motifs is 18. The third-order valence-electron chi connectivity index (χ3n) is 14.7. The summed E-state index contributed by atoms with van der Waals surface area (Å²) in [5.74, 6) is 0. The summed E-state index contributed by atoms with van der Waals surface area (Å²) in [5.41, 5.74) is 21.0. The third-order valence-corrected chi connectivity index (χ3v) is 16.0. The molecule has 3 heteroatoms. The largest absolute Gasteiger partial charge is 0.309 e. The first-order valence-corrected chi connectivity index (χ1v) is 23.7. The first-order valence-electron chi connectivity index (χ1n) is 22.8. The van der Waals surface area contributed by atoms with Crippen LogP contribution in [0.2, 0.25) is 0 Å². The average Bonchev–Trinajstić information content (AvgIpc) is 4.17. The van der Waals surface area contributed by atoms with Crippen LogP contribution in [0.15, 0.2) is 231 Å². The maximum Gasteiger partial charge on any atom is 0.0825 e. The lowest BCUT2D eigenvalue weighted by Gasteiger charge is -2.31. The Morgan fingerprint density at radius 1 is 0.318 bits per heavy atom. The van der Waals surface area contributed by atoms with E-state index in [9.17, 15) is 0 Å². The van der Waals surface area contributed by atoms with Gasteiger partial charge in [0.15, 0.2) is 0 Å². The van der Waals surface area contributed by atoms with Crippen LogP contribution in [0.3, 0.4) is 0 Å². The van der Waals surface area contributed by atoms with Crippen molar-refractivity contribution in [1.29, 1.82) is 0 Å². The molecule has 3 heterocycles. The lowest BCUT2D eigenvalue weighted by molar-refractivity contribution is 0.814. The van der Waals surface area contributed by atoms with Gasteiger partial charge < -0.3 is 9.13 Å². The highest BCUT2D eigenvalue weighted by Gasteiger charge is 2.54. The van der Waals surface area contributed by atoms with Gasteiger partial charge in [0.2, 0.25) is 0 Å². The van der Waals surface area contributed by atoms with Gasteiger partial charge in [-0.1, -0.05) is 170 Å². The standard InChI is InChI=1S/C63H38N2S/c1-7-22-53-45(14-1)46-37-32-41(39-28-33-42(34-29-39)64-55-23-8-2-15-47(55)48-16-3-9-24-56(48)64)38-54(46)63(53)61-44(20-13-21-52(61)60-51-19-6-12-27-59(51)66-62(60)63)40-30-35-43(36-31-40)65-57-25-10-4-17-49(57)50-18-5-11-26-58(50)65/h1-38H. The molecule has 1 unspecified atom stereocenters. The normalized spacial score (nSPS) is 14.7. The second kappa shape index (κ2) is 13.4. The van der Waals surface area contributed by atoms with Crippen LogP contribution in [-0.4, -0.2) is 9.13 Å². The number of hydrogen-bond acceptors (Lipinski definition) is 1. The second-order valence-corrected chi connectivity index (χ2v) is 19.0. The highest BCUT2D eigenvalue weighted by Crippen LogP contribution is 2.67. The number of nitrogens with zero attached hydrogens (tertiary/aromatic N) is 2. The van der Waals surface area contributed by atoms with Gasteiger partial charge in [0.05, 0.1) is 27.5 Å². The number of aromatic nitrogens is 2. The van der Waals surface area contributed by atoms with Gasteiger partial charge in [-0.3, -0.25) is 0 Å². The van der Waals surface area contributed by atoms with Crippen LogP contribution < -0.4 is 0 Å². The van der Waals surface area contributed by atoms with Crippen molar-refractivity contribution in [3.8, 4) is 55.9 Å². The molecule has 306 valence electrons. The van der Waals surface area contributed by atoms with E-state index >= 15 is 0 Å². The summed E-state index contributed by atoms with van der Waals surface area (Å²) in [6.07, 6.45) is 0. The Hall–Kier alpha value is -8.24. The van der Waals surface area contributed by atoms with Gasteiger partial charge in [0, 0.05) is 53.4 Å². The Kier molecular flexibility index (Phi) is 7.34. The Balaban J connectivity index is 0.936. The molecule has 0 saturated carbocycles. The Bertz CT molecular complexity index is 4050. The van der Waals surface area contributed by atoms with Crippen LogP contribution in [0.1, 0.15) is 21.6 Å². The number of hydrogen-bond donors (Lipinski definition) is 0. The van der Waals surface area contributed by atoms with E-state index in [1.807, 2.05) is 11.3 Å². The van der Waals surface area contributed by atoms with Crippen LogP contribution in [0.5, 0.6) is 0 Å². The molecule has 0 bridgehead atoms. The van der Waals surface area contributed by atoms with Crippen molar-refractivity contribution in [3.05, 3.63) is 252 Å². The van der Waals surface area contributed by atoms with E-state index in [0.717, 1.165) is 11.4 Å². The molecule has 2 nitrogen and oxygen atoms in total. The van der Waals surface area contributed by atoms with E-state index in [4.69, 9.17) is 0 Å². The minimum atomic E-state index is -0.513. The molecule has 0 amide bonds. The third kappa shape index (κ3) is 4.69. The monoisotopic (exact) mass is 854 g/mol. The van der Waals surface area contributed by atoms with E-state index in [1.165, 1.54) is 120 Å². The zero-order chi connectivity index (χ0) is 43.1. The summed E-state index contributed by atoms with van der Waals surface area (Å²) < 4.78 is 6.14. The fourth-order valence-electron chi connectivity index (χ4n) is 12.1. The first-order chi connectivity index (χ1) is 32.8. The number of benzene rings is 10. The summed E-state index contributed by atoms with van der Waals surface area (Å²) >= 11 is 1.97. The number of rotatable bonds is 4. The van der Waals surface area contributed by atoms with Crippen molar-refractivity contribution < 1.29 is 0 Å². The Morgan fingerprint density at radius 2 is 0.773 bits per heavy atom. The Labute approximate surface area is 385 Å². The molecule has 66 heavy (non-hydrogen) atoms. The first kappa shape index (κ1) is 36.1. The van der Waals surface area contributed by atoms with Gasteiger partial charge >= 0.3 is 0 Å². The topological polar surface area (TPSA) is 9.86 Å². The van der Waals surface area contributed by atoms with Crippen molar-refractivity contribution in [2.75, 3.05) is 0 Å². The van der Waals surface area contributed by atoms with Crippen LogP contribution in [0, 0.1) is 0 Å². The van der Waals surface area contributed by atoms with Crippen molar-refractivity contribution in [2.24, 2.45) is 0 Å². The minimum absolute atomic E-state index is 0.513. The molecule has 0 saturated heterocycles. The summed E-state index contributed by atoms with van der Waals surface area (Å²) in [6, 6.07) is 86.1. The summed E-state index contributed by atoms with van der Waals surface area (Å²) in [4.78, 5) is 1.41. The molecule has 0 N–H and O–H groups in total. The number of thiophene rings is 1. The van der Waals surface area contributed by atoms with Gasteiger partial charge in [0.1, 0.15) is 0 Å². The van der Waals surface area contributed by atoms with Crippen molar-refractivity contribution in [3.63, 3.8) is 0 Å². The molecule has 0 aliphatic heterocycles. The molecular formula is C63H38N2S. The molecule has 1 atom stereocenters. The van der Waals surface area contributed by atoms with Crippen LogP contribution in [0.25, 0.3) is 110 Å². The second-order valence-electron chi connectivity index (χ2n) is 17.9. The fourth-order valence-corrected chi connectivity index (χ4v) is 13.5. The fraction of sp³-hybridized carbons (Fsp3) is 0.0159. The molecule has 10 aromatic carbocycles. The lowest BCUT2D eigenvalue weighted by atomic mass is 9.71. The molecule has 2 aliphatic rings. The van der Waals surface area contributed by atoms with Gasteiger partial charge in [-0.2, -0.15) is 0 Å². The van der Waals surface area contributed by atoms with E-state index in [0.29, 0.717) is 0 Å². The lowest BCUT2D eigenvalue weighted by Crippen LogP contribution is -2.26. The van der Waals surface area contributed by atoms with Gasteiger partial charge in [-0.15, -0.1) is 11.3 Å². The Morgan fingerprint density at radius 3 is 1.38 bits per heavy atom. The molecule has 15 rings (SSSR count). The van der Waals surface area contributed by atoms with E-state index in [1.54, 1.807) is 0 Å². The maximum atomic E-state index is 2.52. The minimum Gasteiger partial charge on any atom is -0.309 e. The van der Waals surface area contributed by atoms with Gasteiger partial charge in [-0.05, 0) is 116 Å². The highest BCUT2D eigenvalue weighted by atomic mass is 32.1. The number of para-hydroxylation sites is 4. The zero-order valence-corrected chi connectivity index (χ0v) is 36.6. The summed E-state index contributed by atoms with van der Waals surface area (Å²) in [6.45, 7) is 0. The average molecular weight is 855 g/mol. The molecule has 0 radical (unpaired) electrons. The molecule has 13 aromatic rings. The molecule has 3 aromatic heterocycles. The highest BCUT2D eigenvalue weighted by molar-refractivity contribution is 7.20. The molecule has 0 fully saturated rings. The molecule has 2 aliphatic carbocycles. The molecular weight excluding hydrogens is 817 g/mol. The smallest absolute Gasteiger partial charge is 0.0825 e. The van der Waals surface area contributed by atoms with Crippen molar-refractivity contribution in [2.45, 2.75) is 5.41 Å². The summed E-state index contributed by atoms with van der Waals surface area (Å²) in [5, 5.41) is 6.43. The van der Waals surface area contributed by atoms with E-state index < -0.39 is 5.41 Å². The van der Waals surface area contributed by atoms with Crippen molar-refractivity contribution in [1.82, 2.24) is 9.13 Å². The van der Waals surface area contributed by atoms with Crippen LogP contribution in [0.4, 0.5) is 0 Å². The predicted octanol–water partition coefficient (Wildman–Crippen LogP) is 16.8. The maximum absolute atomic E-state index is 2.52. The molecule has 1 spiro atoms. The quantitative estimate of drug-likeness (QED) is 0.167. The van der Waals surface area contributed by atoms with Crippen molar-refractivity contribution >= 4 is 65.0 Å². The van der Waals surface area contributed by atoms with Gasteiger partial charge in [-0.25, -0.2) is 0 Å². The van der Waals surface area contributed by atoms with E-state index in [2.05, 4.69) is 240 Å². The van der Waals surface area contributed by atoms with E-state index in [-0.39, 0.29) is 0 Å². The predicted molar refractivity (Wildman–Crippen MR) is 278 cm³/mol. The van der Waals surface area contributed by atoms with Crippen LogP contribution >= 0.6 is 11.3 Å². The SMILES string of the molecule is c1ccc2c(c1)-c1ccc(-c3ccc(-n4c5ccccc5c5ccccc54)cc3)cc1C21c2sc3ccccc3c2-c2cccc(-c3ccc(-n4c5ccccc5c5ccccc54)cc3)c21. The van der Waals surface area contributed by atoms with Gasteiger partial charge in [0.25, 0.3) is 0 Å².